The second-order valence-electron chi connectivity index (χ2n) is 10.2. The second-order valence-corrected chi connectivity index (χ2v) is 12.8. The fourth-order valence-electron chi connectivity index (χ4n) is 5.01. The number of thioether (sulfide) groups is 1. The van der Waals surface area contributed by atoms with Crippen molar-refractivity contribution in [3.05, 3.63) is 87.1 Å². The average Bonchev–Trinajstić information content (AvgIpc) is 3.59. The van der Waals surface area contributed by atoms with Crippen LogP contribution in [-0.2, 0) is 16.1 Å². The summed E-state index contributed by atoms with van der Waals surface area (Å²) in [7, 11) is 0. The summed E-state index contributed by atoms with van der Waals surface area (Å²) in [6, 6.07) is 17.2. The second kappa shape index (κ2) is 13.4. The minimum Gasteiger partial charge on any atom is -0.493 e. The lowest BCUT2D eigenvalue weighted by atomic mass is 10.1. The highest BCUT2D eigenvalue weighted by Gasteiger charge is 2.31. The van der Waals surface area contributed by atoms with E-state index < -0.39 is 5.97 Å². The number of morpholine rings is 1. The highest BCUT2D eigenvalue weighted by atomic mass is 32.2. The van der Waals surface area contributed by atoms with E-state index in [4.69, 9.17) is 21.7 Å². The third-order valence-electron chi connectivity index (χ3n) is 7.28. The van der Waals surface area contributed by atoms with Crippen molar-refractivity contribution in [1.82, 2.24) is 14.8 Å². The van der Waals surface area contributed by atoms with Crippen LogP contribution in [0.5, 0.6) is 5.75 Å². The molecular weight excluding hydrogens is 603 g/mol. The van der Waals surface area contributed by atoms with Crippen molar-refractivity contribution in [2.24, 2.45) is 0 Å². The summed E-state index contributed by atoms with van der Waals surface area (Å²) in [4.78, 5) is 34.8. The van der Waals surface area contributed by atoms with Gasteiger partial charge in [0.15, 0.2) is 0 Å². The first-order valence-electron chi connectivity index (χ1n) is 13.9. The molecule has 1 amide bonds. The van der Waals surface area contributed by atoms with Gasteiger partial charge in [-0.05, 0) is 59.8 Å². The number of rotatable bonds is 10. The van der Waals surface area contributed by atoms with Crippen LogP contribution < -0.4 is 4.74 Å². The van der Waals surface area contributed by atoms with Crippen LogP contribution >= 0.6 is 35.3 Å². The molecule has 2 aromatic heterocycles. The number of thiocarbonyl (C=S) groups is 1. The number of benzene rings is 2. The molecule has 0 saturated carbocycles. The van der Waals surface area contributed by atoms with Gasteiger partial charge in [-0.25, -0.2) is 4.79 Å². The van der Waals surface area contributed by atoms with E-state index in [1.807, 2.05) is 30.5 Å². The van der Waals surface area contributed by atoms with Gasteiger partial charge in [0.05, 0.1) is 35.8 Å². The summed E-state index contributed by atoms with van der Waals surface area (Å²) in [6.07, 6.45) is 4.36. The molecule has 2 aliphatic heterocycles. The van der Waals surface area contributed by atoms with E-state index >= 15 is 0 Å². The van der Waals surface area contributed by atoms with Crippen molar-refractivity contribution in [2.45, 2.75) is 13.0 Å². The van der Waals surface area contributed by atoms with Crippen LogP contribution in [0.2, 0.25) is 0 Å². The molecule has 2 aliphatic rings. The van der Waals surface area contributed by atoms with Crippen molar-refractivity contribution >= 4 is 68.5 Å². The Morgan fingerprint density at radius 2 is 1.95 bits per heavy atom. The monoisotopic (exact) mass is 631 g/mol. The number of amides is 1. The molecule has 0 atom stereocenters. The summed E-state index contributed by atoms with van der Waals surface area (Å²) >= 11 is 8.43. The van der Waals surface area contributed by atoms with Crippen LogP contribution in [0, 0.1) is 0 Å². The molecule has 2 aromatic carbocycles. The van der Waals surface area contributed by atoms with E-state index in [-0.39, 0.29) is 11.5 Å². The molecule has 2 saturated heterocycles. The van der Waals surface area contributed by atoms with Gasteiger partial charge in [-0.1, -0.05) is 42.2 Å². The van der Waals surface area contributed by atoms with E-state index in [0.717, 1.165) is 45.6 Å². The maximum Gasteiger partial charge on any atom is 0.335 e. The standard InChI is InChI=1S/C32H29N3O5S3/c36-30-29(17-26-16-25(20-42-26)23-14-21-4-1-2-5-27(21)33-18-23)43-32(41)35(30)8-3-11-40-28-7-6-22(31(37)38)15-24(28)19-34-9-12-39-13-10-34/h1-2,4-7,14-18,20H,3,8-13,19H2,(H,37,38)/b29-17-. The minimum absolute atomic E-state index is 0.101. The van der Waals surface area contributed by atoms with Crippen molar-refractivity contribution in [3.8, 4) is 16.9 Å². The number of hydrogen-bond acceptors (Lipinski definition) is 9. The van der Waals surface area contributed by atoms with Gasteiger partial charge in [-0.3, -0.25) is 19.6 Å². The number of thiophene rings is 1. The lowest BCUT2D eigenvalue weighted by Gasteiger charge is -2.27. The highest BCUT2D eigenvalue weighted by Crippen LogP contribution is 2.35. The molecule has 220 valence electrons. The first kappa shape index (κ1) is 29.5. The van der Waals surface area contributed by atoms with Gasteiger partial charge in [-0.2, -0.15) is 0 Å². The van der Waals surface area contributed by atoms with Crippen LogP contribution in [0.25, 0.3) is 28.1 Å². The number of nitrogens with zero attached hydrogens (tertiary/aromatic N) is 3. The van der Waals surface area contributed by atoms with Crippen LogP contribution in [-0.4, -0.2) is 75.5 Å². The largest absolute Gasteiger partial charge is 0.493 e. The number of para-hydroxylation sites is 1. The number of pyridine rings is 1. The Balaban J connectivity index is 1.06. The van der Waals surface area contributed by atoms with Crippen molar-refractivity contribution in [3.63, 3.8) is 0 Å². The molecule has 43 heavy (non-hydrogen) atoms. The van der Waals surface area contributed by atoms with E-state index in [0.29, 0.717) is 54.3 Å². The first-order valence-corrected chi connectivity index (χ1v) is 16.0. The zero-order chi connectivity index (χ0) is 29.8. The molecule has 0 unspecified atom stereocenters. The number of aromatic nitrogens is 1. The van der Waals surface area contributed by atoms with Gasteiger partial charge in [0.1, 0.15) is 10.1 Å². The Morgan fingerprint density at radius 1 is 1.12 bits per heavy atom. The van der Waals surface area contributed by atoms with E-state index in [2.05, 4.69) is 33.5 Å². The first-order chi connectivity index (χ1) is 20.9. The predicted octanol–water partition coefficient (Wildman–Crippen LogP) is 6.16. The lowest BCUT2D eigenvalue weighted by Crippen LogP contribution is -2.35. The van der Waals surface area contributed by atoms with Crippen molar-refractivity contribution in [2.75, 3.05) is 39.5 Å². The van der Waals surface area contributed by atoms with Crippen LogP contribution in [0.15, 0.2) is 71.1 Å². The summed E-state index contributed by atoms with van der Waals surface area (Å²) < 4.78 is 12.0. The number of fused-ring (bicyclic) bond motifs is 1. The number of carboxylic acids is 1. The maximum absolute atomic E-state index is 13.2. The van der Waals surface area contributed by atoms with E-state index in [1.54, 1.807) is 34.4 Å². The number of ether oxygens (including phenoxy) is 2. The minimum atomic E-state index is -0.971. The number of carbonyl (C=O) groups excluding carboxylic acids is 1. The Bertz CT molecular complexity index is 1710. The van der Waals surface area contributed by atoms with E-state index in [9.17, 15) is 14.7 Å². The smallest absolute Gasteiger partial charge is 0.335 e. The van der Waals surface area contributed by atoms with Crippen LogP contribution in [0.1, 0.15) is 27.2 Å². The SMILES string of the molecule is O=C(O)c1ccc(OCCCN2C(=O)/C(=C/c3cc(-c4cnc5ccccc5c4)cs3)SC2=S)c(CN2CCOCC2)c1. The van der Waals surface area contributed by atoms with Crippen LogP contribution in [0.3, 0.4) is 0 Å². The summed E-state index contributed by atoms with van der Waals surface area (Å²) in [6.45, 7) is 4.27. The Labute approximate surface area is 262 Å². The van der Waals surface area contributed by atoms with Gasteiger partial charge in [0.2, 0.25) is 0 Å². The number of carbonyl (C=O) groups is 2. The molecule has 4 aromatic rings. The summed E-state index contributed by atoms with van der Waals surface area (Å²) in [5, 5.41) is 12.6. The summed E-state index contributed by atoms with van der Waals surface area (Å²) in [5.74, 6) is -0.422. The third kappa shape index (κ3) is 6.97. The average molecular weight is 632 g/mol. The molecule has 6 rings (SSSR count). The van der Waals surface area contributed by atoms with Gasteiger partial charge < -0.3 is 14.6 Å². The normalized spacial score (nSPS) is 16.8. The fourth-order valence-corrected chi connectivity index (χ4v) is 7.23. The molecule has 0 bridgehead atoms. The number of hydrogen-bond donors (Lipinski definition) is 1. The van der Waals surface area contributed by atoms with Crippen molar-refractivity contribution < 1.29 is 24.2 Å². The molecule has 11 heteroatoms. The summed E-state index contributed by atoms with van der Waals surface area (Å²) in [5.41, 5.74) is 4.11. The van der Waals surface area contributed by atoms with E-state index in [1.165, 1.54) is 11.8 Å². The van der Waals surface area contributed by atoms with Crippen LogP contribution in [0.4, 0.5) is 0 Å². The topological polar surface area (TPSA) is 92.2 Å². The molecule has 0 spiro atoms. The highest BCUT2D eigenvalue weighted by molar-refractivity contribution is 8.26. The quantitative estimate of drug-likeness (QED) is 0.125. The van der Waals surface area contributed by atoms with Gasteiger partial charge in [0.25, 0.3) is 5.91 Å². The molecule has 1 N–H and O–H groups in total. The molecule has 2 fully saturated rings. The lowest BCUT2D eigenvalue weighted by molar-refractivity contribution is -0.122. The Kier molecular flexibility index (Phi) is 9.15. The molecule has 0 radical (unpaired) electrons. The number of carboxylic acid groups (broad SMARTS) is 1. The fraction of sp³-hybridized carbons (Fsp3) is 0.250. The molecule has 8 nitrogen and oxygen atoms in total. The Hall–Kier alpha value is -3.61. The zero-order valence-corrected chi connectivity index (χ0v) is 25.7. The van der Waals surface area contributed by atoms with Crippen molar-refractivity contribution in [1.29, 1.82) is 0 Å². The van der Waals surface area contributed by atoms with Gasteiger partial charge in [0, 0.05) is 53.8 Å². The van der Waals surface area contributed by atoms with Gasteiger partial charge >= 0.3 is 5.97 Å². The molecule has 4 heterocycles. The number of aromatic carboxylic acids is 1. The van der Waals surface area contributed by atoms with Gasteiger partial charge in [-0.15, -0.1) is 11.3 Å². The molecular formula is C32H29N3O5S3. The third-order valence-corrected chi connectivity index (χ3v) is 9.54. The predicted molar refractivity (Wildman–Crippen MR) is 175 cm³/mol. The Morgan fingerprint density at radius 3 is 2.79 bits per heavy atom. The maximum atomic E-state index is 13.2. The molecule has 0 aliphatic carbocycles. The zero-order valence-electron chi connectivity index (χ0n) is 23.2.